The van der Waals surface area contributed by atoms with Crippen LogP contribution in [0.15, 0.2) is 5.16 Å². The van der Waals surface area contributed by atoms with Crippen molar-refractivity contribution in [3.8, 4) is 0 Å². The Morgan fingerprint density at radius 2 is 2.22 bits per heavy atom. The van der Waals surface area contributed by atoms with Crippen molar-refractivity contribution in [3.05, 3.63) is 5.82 Å². The van der Waals surface area contributed by atoms with Crippen molar-refractivity contribution in [3.63, 3.8) is 0 Å². The molecular formula is C10H12N4O3S. The fourth-order valence-corrected chi connectivity index (χ4v) is 2.21. The molecule has 1 amide bonds. The Kier molecular flexibility index (Phi) is 4.35. The Labute approximate surface area is 107 Å². The summed E-state index contributed by atoms with van der Waals surface area (Å²) in [4.78, 5) is 30.3. The van der Waals surface area contributed by atoms with Gasteiger partial charge in [0.2, 0.25) is 11.5 Å². The summed E-state index contributed by atoms with van der Waals surface area (Å²) in [5, 5.41) is 6.45. The standard InChI is InChI=1S/C10H12N4O3S/c15-5-8(13-17-7-3-1-2-4-7)9-12-10(11-6-16)18-14-9/h5-7H,1-4H2,(H,11,12,14,16)/b13-8+. The number of oxime groups is 1. The molecular weight excluding hydrogens is 256 g/mol. The van der Waals surface area contributed by atoms with Gasteiger partial charge in [-0.3, -0.25) is 9.59 Å². The molecule has 1 N–H and O–H groups in total. The van der Waals surface area contributed by atoms with Gasteiger partial charge >= 0.3 is 0 Å². The normalized spacial score (nSPS) is 16.6. The molecule has 0 spiro atoms. The zero-order chi connectivity index (χ0) is 12.8. The topological polar surface area (TPSA) is 93.5 Å². The largest absolute Gasteiger partial charge is 0.392 e. The van der Waals surface area contributed by atoms with Gasteiger partial charge in [0.1, 0.15) is 6.10 Å². The highest BCUT2D eigenvalue weighted by molar-refractivity contribution is 7.10. The molecule has 0 aromatic carbocycles. The van der Waals surface area contributed by atoms with Crippen LogP contribution in [0.2, 0.25) is 0 Å². The second-order valence-corrected chi connectivity index (χ2v) is 4.54. The van der Waals surface area contributed by atoms with Gasteiger partial charge in [0, 0.05) is 11.5 Å². The number of aldehydes is 1. The highest BCUT2D eigenvalue weighted by atomic mass is 32.1. The van der Waals surface area contributed by atoms with E-state index in [0.717, 1.165) is 37.2 Å². The Balaban J connectivity index is 2.03. The summed E-state index contributed by atoms with van der Waals surface area (Å²) in [6.07, 6.45) is 5.28. The fraction of sp³-hybridized carbons (Fsp3) is 0.500. The first-order valence-electron chi connectivity index (χ1n) is 5.56. The van der Waals surface area contributed by atoms with Gasteiger partial charge in [0.05, 0.1) is 0 Å². The minimum Gasteiger partial charge on any atom is -0.392 e. The number of hydrogen-bond acceptors (Lipinski definition) is 7. The van der Waals surface area contributed by atoms with E-state index >= 15 is 0 Å². The van der Waals surface area contributed by atoms with Crippen LogP contribution in [0.25, 0.3) is 0 Å². The summed E-state index contributed by atoms with van der Waals surface area (Å²) in [6, 6.07) is 0. The quantitative estimate of drug-likeness (QED) is 0.471. The Morgan fingerprint density at radius 3 is 2.89 bits per heavy atom. The molecule has 1 aromatic heterocycles. The number of hydrogen-bond donors (Lipinski definition) is 1. The number of aromatic nitrogens is 2. The highest BCUT2D eigenvalue weighted by Crippen LogP contribution is 2.21. The van der Waals surface area contributed by atoms with Crippen LogP contribution in [-0.2, 0) is 14.4 Å². The van der Waals surface area contributed by atoms with Crippen LogP contribution in [-0.4, -0.2) is 33.9 Å². The molecule has 7 nitrogen and oxygen atoms in total. The van der Waals surface area contributed by atoms with Crippen molar-refractivity contribution >= 4 is 35.1 Å². The summed E-state index contributed by atoms with van der Waals surface area (Å²) >= 11 is 0.977. The number of amides is 1. The van der Waals surface area contributed by atoms with E-state index in [-0.39, 0.29) is 17.6 Å². The highest BCUT2D eigenvalue weighted by Gasteiger charge is 2.17. The minimum atomic E-state index is 0.0390. The second kappa shape index (κ2) is 6.20. The van der Waals surface area contributed by atoms with Crippen LogP contribution >= 0.6 is 11.5 Å². The summed E-state index contributed by atoms with van der Waals surface area (Å²) < 4.78 is 3.92. The van der Waals surface area contributed by atoms with Gasteiger partial charge in [-0.15, -0.1) is 0 Å². The van der Waals surface area contributed by atoms with Crippen LogP contribution in [0.1, 0.15) is 31.5 Å². The number of nitrogens with one attached hydrogen (secondary N) is 1. The number of anilines is 1. The van der Waals surface area contributed by atoms with Gasteiger partial charge in [0.25, 0.3) is 0 Å². The van der Waals surface area contributed by atoms with Crippen molar-refractivity contribution < 1.29 is 14.4 Å². The first-order chi connectivity index (χ1) is 8.83. The zero-order valence-corrected chi connectivity index (χ0v) is 10.4. The molecule has 0 atom stereocenters. The molecule has 2 rings (SSSR count). The number of carbonyl (C=O) groups is 2. The first-order valence-corrected chi connectivity index (χ1v) is 6.34. The summed E-state index contributed by atoms with van der Waals surface area (Å²) in [7, 11) is 0. The van der Waals surface area contributed by atoms with Gasteiger partial charge in [-0.2, -0.15) is 9.36 Å². The van der Waals surface area contributed by atoms with E-state index in [1.807, 2.05) is 0 Å². The molecule has 0 bridgehead atoms. The molecule has 0 unspecified atom stereocenters. The third kappa shape index (κ3) is 3.10. The van der Waals surface area contributed by atoms with Crippen LogP contribution in [0.4, 0.5) is 5.13 Å². The Bertz CT molecular complexity index is 454. The summed E-state index contributed by atoms with van der Waals surface area (Å²) in [6.45, 7) is 0. The molecule has 96 valence electrons. The maximum atomic E-state index is 10.9. The molecule has 1 saturated carbocycles. The Hall–Kier alpha value is -1.83. The predicted octanol–water partition coefficient (Wildman–Crippen LogP) is 0.969. The van der Waals surface area contributed by atoms with Crippen molar-refractivity contribution in [2.45, 2.75) is 31.8 Å². The minimum absolute atomic E-state index is 0.0390. The van der Waals surface area contributed by atoms with Crippen LogP contribution < -0.4 is 5.32 Å². The lowest BCUT2D eigenvalue weighted by atomic mass is 10.3. The lowest BCUT2D eigenvalue weighted by Gasteiger charge is -2.05. The lowest BCUT2D eigenvalue weighted by Crippen LogP contribution is -2.10. The van der Waals surface area contributed by atoms with E-state index in [4.69, 9.17) is 4.84 Å². The molecule has 18 heavy (non-hydrogen) atoms. The smallest absolute Gasteiger partial charge is 0.213 e. The van der Waals surface area contributed by atoms with Crippen molar-refractivity contribution in [1.29, 1.82) is 0 Å². The average Bonchev–Trinajstić information content (AvgIpc) is 3.02. The molecule has 1 heterocycles. The third-order valence-corrected chi connectivity index (χ3v) is 3.20. The maximum absolute atomic E-state index is 10.9. The zero-order valence-electron chi connectivity index (χ0n) is 9.54. The number of rotatable bonds is 6. The van der Waals surface area contributed by atoms with E-state index in [0.29, 0.717) is 17.8 Å². The monoisotopic (exact) mass is 268 g/mol. The molecule has 0 saturated heterocycles. The summed E-state index contributed by atoms with van der Waals surface area (Å²) in [5.74, 6) is 0.164. The summed E-state index contributed by atoms with van der Waals surface area (Å²) in [5.41, 5.74) is 0.0390. The molecule has 8 heteroatoms. The molecule has 1 aromatic rings. The van der Waals surface area contributed by atoms with Gasteiger partial charge < -0.3 is 10.2 Å². The maximum Gasteiger partial charge on any atom is 0.213 e. The first kappa shape index (κ1) is 12.6. The van der Waals surface area contributed by atoms with Crippen LogP contribution in [0.5, 0.6) is 0 Å². The number of nitrogens with zero attached hydrogens (tertiary/aromatic N) is 3. The van der Waals surface area contributed by atoms with Crippen molar-refractivity contribution in [2.24, 2.45) is 5.16 Å². The van der Waals surface area contributed by atoms with E-state index in [1.165, 1.54) is 0 Å². The number of carbonyl (C=O) groups excluding carboxylic acids is 2. The molecule has 0 aliphatic heterocycles. The van der Waals surface area contributed by atoms with E-state index in [2.05, 4.69) is 19.8 Å². The molecule has 0 radical (unpaired) electrons. The molecule has 1 fully saturated rings. The Morgan fingerprint density at radius 1 is 1.44 bits per heavy atom. The van der Waals surface area contributed by atoms with Crippen LogP contribution in [0.3, 0.4) is 0 Å². The average molecular weight is 268 g/mol. The lowest BCUT2D eigenvalue weighted by molar-refractivity contribution is -0.105. The van der Waals surface area contributed by atoms with E-state index in [1.54, 1.807) is 0 Å². The molecule has 1 aliphatic rings. The van der Waals surface area contributed by atoms with Gasteiger partial charge in [-0.05, 0) is 25.7 Å². The second-order valence-electron chi connectivity index (χ2n) is 3.79. The molecule has 1 aliphatic carbocycles. The predicted molar refractivity (Wildman–Crippen MR) is 65.5 cm³/mol. The van der Waals surface area contributed by atoms with Crippen molar-refractivity contribution in [1.82, 2.24) is 9.36 Å². The van der Waals surface area contributed by atoms with E-state index < -0.39 is 0 Å². The SMILES string of the molecule is O=CNc1nc(/C(C=O)=N/OC2CCCC2)ns1. The van der Waals surface area contributed by atoms with Gasteiger partial charge in [-0.25, -0.2) is 0 Å². The fourth-order valence-electron chi connectivity index (χ4n) is 1.68. The van der Waals surface area contributed by atoms with Crippen LogP contribution in [0, 0.1) is 0 Å². The van der Waals surface area contributed by atoms with Crippen molar-refractivity contribution in [2.75, 3.05) is 5.32 Å². The van der Waals surface area contributed by atoms with Gasteiger partial charge in [-0.1, -0.05) is 5.16 Å². The van der Waals surface area contributed by atoms with E-state index in [9.17, 15) is 9.59 Å². The third-order valence-electron chi connectivity index (χ3n) is 2.55. The van der Waals surface area contributed by atoms with Gasteiger partial charge in [0.15, 0.2) is 17.8 Å².